The molecule has 0 atom stereocenters. The second-order valence-electron chi connectivity index (χ2n) is 5.71. The summed E-state index contributed by atoms with van der Waals surface area (Å²) in [4.78, 5) is 12.6. The van der Waals surface area contributed by atoms with E-state index in [0.29, 0.717) is 23.1 Å². The van der Waals surface area contributed by atoms with Gasteiger partial charge >= 0.3 is 0 Å². The van der Waals surface area contributed by atoms with Gasteiger partial charge < -0.3 is 14.8 Å². The number of nitrogens with one attached hydrogen (secondary N) is 1. The van der Waals surface area contributed by atoms with Gasteiger partial charge in [0.15, 0.2) is 0 Å². The minimum absolute atomic E-state index is 0.0898. The monoisotopic (exact) mass is 325 g/mol. The quantitative estimate of drug-likeness (QED) is 0.842. The Hall–Kier alpha value is -1.26. The molecule has 0 spiro atoms. The van der Waals surface area contributed by atoms with E-state index in [4.69, 9.17) is 21.1 Å². The average molecular weight is 326 g/mol. The van der Waals surface area contributed by atoms with Crippen LogP contribution in [0, 0.1) is 0 Å². The highest BCUT2D eigenvalue weighted by atomic mass is 35.5. The number of halogens is 1. The van der Waals surface area contributed by atoms with Crippen molar-refractivity contribution in [1.82, 2.24) is 0 Å². The van der Waals surface area contributed by atoms with Gasteiger partial charge in [-0.3, -0.25) is 4.79 Å². The van der Waals surface area contributed by atoms with E-state index in [1.165, 1.54) is 0 Å². The average Bonchev–Trinajstić information content (AvgIpc) is 2.54. The molecule has 5 heteroatoms. The van der Waals surface area contributed by atoms with Crippen LogP contribution < -0.4 is 10.1 Å². The summed E-state index contributed by atoms with van der Waals surface area (Å²) in [5, 5.41) is 3.42. The van der Waals surface area contributed by atoms with Crippen LogP contribution in [0.3, 0.4) is 0 Å². The molecule has 1 aliphatic carbocycles. The van der Waals surface area contributed by atoms with Crippen molar-refractivity contribution in [3.8, 4) is 5.75 Å². The number of anilines is 1. The van der Waals surface area contributed by atoms with Crippen LogP contribution in [0.1, 0.15) is 45.4 Å². The van der Waals surface area contributed by atoms with Gasteiger partial charge in [0.1, 0.15) is 11.4 Å². The molecule has 122 valence electrons. The number of benzene rings is 1. The van der Waals surface area contributed by atoms with Gasteiger partial charge in [-0.1, -0.05) is 37.8 Å². The third kappa shape index (κ3) is 3.93. The van der Waals surface area contributed by atoms with Crippen molar-refractivity contribution < 1.29 is 14.3 Å². The summed E-state index contributed by atoms with van der Waals surface area (Å²) in [7, 11) is 1.61. The van der Waals surface area contributed by atoms with Crippen LogP contribution in [0.25, 0.3) is 0 Å². The first-order valence-corrected chi connectivity index (χ1v) is 8.28. The molecule has 0 heterocycles. The lowest BCUT2D eigenvalue weighted by Gasteiger charge is -2.34. The van der Waals surface area contributed by atoms with Crippen LogP contribution in [0.5, 0.6) is 5.75 Å². The third-order valence-corrected chi connectivity index (χ3v) is 4.41. The Morgan fingerprint density at radius 3 is 2.64 bits per heavy atom. The number of carbonyl (C=O) groups excluding carboxylic acids is 1. The molecular weight excluding hydrogens is 302 g/mol. The van der Waals surface area contributed by atoms with Gasteiger partial charge in [0.2, 0.25) is 0 Å². The van der Waals surface area contributed by atoms with E-state index in [9.17, 15) is 4.79 Å². The summed E-state index contributed by atoms with van der Waals surface area (Å²) in [5.74, 6) is 0.550. The van der Waals surface area contributed by atoms with Crippen molar-refractivity contribution in [3.63, 3.8) is 0 Å². The highest BCUT2D eigenvalue weighted by Crippen LogP contribution is 2.33. The Bertz CT molecular complexity index is 513. The zero-order valence-corrected chi connectivity index (χ0v) is 14.0. The molecule has 0 aromatic heterocycles. The van der Waals surface area contributed by atoms with Gasteiger partial charge in [0, 0.05) is 12.8 Å². The fourth-order valence-electron chi connectivity index (χ4n) is 2.80. The van der Waals surface area contributed by atoms with E-state index in [1.807, 2.05) is 6.92 Å². The fraction of sp³-hybridized carbons (Fsp3) is 0.588. The van der Waals surface area contributed by atoms with E-state index in [2.05, 4.69) is 5.32 Å². The van der Waals surface area contributed by atoms with E-state index >= 15 is 0 Å². The molecule has 0 bridgehead atoms. The molecule has 1 N–H and O–H groups in total. The largest absolute Gasteiger partial charge is 0.492 e. The molecule has 1 amide bonds. The molecule has 0 aliphatic heterocycles. The second-order valence-corrected chi connectivity index (χ2v) is 6.11. The molecule has 22 heavy (non-hydrogen) atoms. The molecule has 1 saturated carbocycles. The Kier molecular flexibility index (Phi) is 6.09. The molecule has 1 aromatic rings. The minimum Gasteiger partial charge on any atom is -0.492 e. The molecule has 2 rings (SSSR count). The maximum Gasteiger partial charge on any atom is 0.256 e. The topological polar surface area (TPSA) is 47.6 Å². The van der Waals surface area contributed by atoms with E-state index in [-0.39, 0.29) is 5.91 Å². The fourth-order valence-corrected chi connectivity index (χ4v) is 3.03. The van der Waals surface area contributed by atoms with Crippen LogP contribution >= 0.6 is 11.6 Å². The zero-order chi connectivity index (χ0) is 16.0. The van der Waals surface area contributed by atoms with Gasteiger partial charge in [0.05, 0.1) is 11.6 Å². The molecule has 0 radical (unpaired) electrons. The third-order valence-electron chi connectivity index (χ3n) is 4.12. The highest BCUT2D eigenvalue weighted by Gasteiger charge is 2.39. The molecule has 1 fully saturated rings. The Morgan fingerprint density at radius 1 is 1.32 bits per heavy atom. The Labute approximate surface area is 137 Å². The van der Waals surface area contributed by atoms with E-state index < -0.39 is 5.60 Å². The first-order chi connectivity index (χ1) is 10.6. The van der Waals surface area contributed by atoms with Gasteiger partial charge in [-0.25, -0.2) is 0 Å². The van der Waals surface area contributed by atoms with Crippen molar-refractivity contribution >= 4 is 23.2 Å². The number of amides is 1. The predicted octanol–water partition coefficient (Wildman–Crippen LogP) is 4.42. The lowest BCUT2D eigenvalue weighted by atomic mass is 9.84. The van der Waals surface area contributed by atoms with E-state index in [1.54, 1.807) is 25.3 Å². The van der Waals surface area contributed by atoms with Gasteiger partial charge in [-0.05, 0) is 37.5 Å². The zero-order valence-electron chi connectivity index (χ0n) is 13.3. The number of hydrogen-bond acceptors (Lipinski definition) is 3. The van der Waals surface area contributed by atoms with Crippen LogP contribution in [-0.4, -0.2) is 25.2 Å². The van der Waals surface area contributed by atoms with Crippen molar-refractivity contribution in [1.29, 1.82) is 0 Å². The van der Waals surface area contributed by atoms with Gasteiger partial charge in [-0.15, -0.1) is 0 Å². The van der Waals surface area contributed by atoms with Gasteiger partial charge in [-0.2, -0.15) is 0 Å². The Morgan fingerprint density at radius 2 is 2.05 bits per heavy atom. The summed E-state index contributed by atoms with van der Waals surface area (Å²) in [5.41, 5.74) is -0.0388. The number of carbonyl (C=O) groups is 1. The van der Waals surface area contributed by atoms with Crippen molar-refractivity contribution in [3.05, 3.63) is 23.2 Å². The lowest BCUT2D eigenvalue weighted by molar-refractivity contribution is -0.141. The maximum absolute atomic E-state index is 12.6. The number of hydrogen-bond donors (Lipinski definition) is 1. The molecular formula is C17H24ClNO3. The first kappa shape index (κ1) is 17.1. The summed E-state index contributed by atoms with van der Waals surface area (Å²) in [6.45, 7) is 2.66. The molecule has 1 aliphatic rings. The minimum atomic E-state index is -0.706. The first-order valence-electron chi connectivity index (χ1n) is 7.90. The van der Waals surface area contributed by atoms with Crippen molar-refractivity contribution in [2.75, 3.05) is 19.0 Å². The smallest absolute Gasteiger partial charge is 0.256 e. The summed E-state index contributed by atoms with van der Waals surface area (Å²) >= 11 is 6.20. The molecule has 0 unspecified atom stereocenters. The highest BCUT2D eigenvalue weighted by molar-refractivity contribution is 6.32. The van der Waals surface area contributed by atoms with Crippen LogP contribution in [0.2, 0.25) is 5.02 Å². The normalized spacial score (nSPS) is 17.0. The van der Waals surface area contributed by atoms with Gasteiger partial charge in [0.25, 0.3) is 5.91 Å². The van der Waals surface area contributed by atoms with Crippen LogP contribution in [-0.2, 0) is 9.53 Å². The molecule has 1 aromatic carbocycles. The second kappa shape index (κ2) is 7.84. The van der Waals surface area contributed by atoms with Crippen molar-refractivity contribution in [2.45, 2.75) is 51.0 Å². The summed E-state index contributed by atoms with van der Waals surface area (Å²) < 4.78 is 11.1. The van der Waals surface area contributed by atoms with Crippen LogP contribution in [0.15, 0.2) is 18.2 Å². The van der Waals surface area contributed by atoms with Crippen molar-refractivity contribution in [2.24, 2.45) is 0 Å². The lowest BCUT2D eigenvalue weighted by Crippen LogP contribution is -2.46. The SMILES string of the molecule is CCCOc1ccc(NC(=O)C2(OC)CCCCC2)cc1Cl. The summed E-state index contributed by atoms with van der Waals surface area (Å²) in [6.07, 6.45) is 5.65. The van der Waals surface area contributed by atoms with Crippen LogP contribution in [0.4, 0.5) is 5.69 Å². The maximum atomic E-state index is 12.6. The van der Waals surface area contributed by atoms with E-state index in [0.717, 1.165) is 38.5 Å². The Balaban J connectivity index is 2.06. The number of methoxy groups -OCH3 is 1. The summed E-state index contributed by atoms with van der Waals surface area (Å²) in [6, 6.07) is 5.31. The standard InChI is InChI=1S/C17H24ClNO3/c1-3-11-22-15-8-7-13(12-14(15)18)19-16(20)17(21-2)9-5-4-6-10-17/h7-8,12H,3-6,9-11H2,1-2H3,(H,19,20). The molecule has 0 saturated heterocycles. The number of ether oxygens (including phenoxy) is 2. The molecule has 4 nitrogen and oxygen atoms in total. The number of rotatable bonds is 6. The predicted molar refractivity (Wildman–Crippen MR) is 88.7 cm³/mol.